The van der Waals surface area contributed by atoms with E-state index in [0.29, 0.717) is 31.4 Å². The van der Waals surface area contributed by atoms with Crippen LogP contribution in [0.5, 0.6) is 0 Å². The van der Waals surface area contributed by atoms with Crippen molar-refractivity contribution >= 4 is 11.8 Å². The lowest BCUT2D eigenvalue weighted by Gasteiger charge is -2.25. The number of amides is 2. The van der Waals surface area contributed by atoms with E-state index in [1.165, 1.54) is 4.90 Å². The summed E-state index contributed by atoms with van der Waals surface area (Å²) in [6.45, 7) is 7.32. The lowest BCUT2D eigenvalue weighted by Crippen LogP contribution is -2.43. The molecule has 1 aromatic carbocycles. The molecule has 0 unspecified atom stereocenters. The molecule has 2 rings (SSSR count). The predicted octanol–water partition coefficient (Wildman–Crippen LogP) is 5.27. The van der Waals surface area contributed by atoms with Gasteiger partial charge in [0.1, 0.15) is 0 Å². The van der Waals surface area contributed by atoms with Crippen LogP contribution < -0.4 is 5.32 Å². The van der Waals surface area contributed by atoms with E-state index in [2.05, 4.69) is 5.32 Å². The number of halogens is 6. The first kappa shape index (κ1) is 25.0. The highest BCUT2D eigenvalue weighted by atomic mass is 19.4. The fraction of sp³-hybridized carbons (Fsp3) is 0.619. The Kier molecular flexibility index (Phi) is 7.02. The third kappa shape index (κ3) is 6.61. The van der Waals surface area contributed by atoms with Gasteiger partial charge in [-0.05, 0) is 51.8 Å². The number of rotatable bonds is 6. The standard InChI is InChI=1S/C21H26F6N2O2/c1-5-6-7-29(16-11-15(16)17(30)28-19(2,3)4)18(31)12-8-13(20(22,23)24)10-14(9-12)21(25,26)27/h8-10,15-16H,5-7,11H2,1-4H3,(H,28,30)/t15-,16-/m1/s1. The maximum atomic E-state index is 13.2. The van der Waals surface area contributed by atoms with E-state index >= 15 is 0 Å². The Hall–Kier alpha value is -2.26. The van der Waals surface area contributed by atoms with E-state index in [1.54, 1.807) is 20.8 Å². The Labute approximate surface area is 177 Å². The van der Waals surface area contributed by atoms with Gasteiger partial charge < -0.3 is 10.2 Å². The Morgan fingerprint density at radius 1 is 1.00 bits per heavy atom. The zero-order chi connectivity index (χ0) is 23.8. The van der Waals surface area contributed by atoms with Crippen molar-refractivity contribution < 1.29 is 35.9 Å². The van der Waals surface area contributed by atoms with Crippen LogP contribution >= 0.6 is 0 Å². The molecule has 1 aromatic rings. The van der Waals surface area contributed by atoms with Crippen LogP contribution in [0.1, 0.15) is 68.4 Å². The van der Waals surface area contributed by atoms with Crippen molar-refractivity contribution in [1.82, 2.24) is 10.2 Å². The highest BCUT2D eigenvalue weighted by molar-refractivity contribution is 5.96. The molecular weight excluding hydrogens is 426 g/mol. The number of carbonyl (C=O) groups is 2. The molecule has 1 aliphatic rings. The van der Waals surface area contributed by atoms with Gasteiger partial charge in [-0.1, -0.05) is 13.3 Å². The number of unbranched alkanes of at least 4 members (excludes halogenated alkanes) is 1. The van der Waals surface area contributed by atoms with Gasteiger partial charge in [0.15, 0.2) is 0 Å². The number of hydrogen-bond acceptors (Lipinski definition) is 2. The fourth-order valence-electron chi connectivity index (χ4n) is 3.26. The smallest absolute Gasteiger partial charge is 0.351 e. The van der Waals surface area contributed by atoms with Gasteiger partial charge in [-0.2, -0.15) is 26.3 Å². The highest BCUT2D eigenvalue weighted by Crippen LogP contribution is 2.40. The van der Waals surface area contributed by atoms with Crippen molar-refractivity contribution in [2.45, 2.75) is 70.9 Å². The molecule has 0 saturated heterocycles. The van der Waals surface area contributed by atoms with Crippen molar-refractivity contribution in [3.05, 3.63) is 34.9 Å². The Bertz CT molecular complexity index is 794. The maximum absolute atomic E-state index is 13.2. The fourth-order valence-corrected chi connectivity index (χ4v) is 3.26. The lowest BCUT2D eigenvalue weighted by atomic mass is 10.0. The number of hydrogen-bond donors (Lipinski definition) is 1. The number of alkyl halides is 6. The van der Waals surface area contributed by atoms with E-state index in [9.17, 15) is 35.9 Å². The summed E-state index contributed by atoms with van der Waals surface area (Å²) in [4.78, 5) is 26.6. The van der Waals surface area contributed by atoms with E-state index in [0.717, 1.165) is 0 Å². The maximum Gasteiger partial charge on any atom is 0.416 e. The quantitative estimate of drug-likeness (QED) is 0.598. The van der Waals surface area contributed by atoms with E-state index in [-0.39, 0.29) is 18.5 Å². The first-order valence-corrected chi connectivity index (χ1v) is 9.97. The van der Waals surface area contributed by atoms with Gasteiger partial charge in [-0.25, -0.2) is 0 Å². The molecule has 31 heavy (non-hydrogen) atoms. The third-order valence-electron chi connectivity index (χ3n) is 4.84. The van der Waals surface area contributed by atoms with Crippen molar-refractivity contribution in [3.8, 4) is 0 Å². The molecule has 1 aliphatic carbocycles. The number of benzene rings is 1. The van der Waals surface area contributed by atoms with Crippen molar-refractivity contribution in [2.24, 2.45) is 5.92 Å². The molecule has 2 atom stereocenters. The van der Waals surface area contributed by atoms with Gasteiger partial charge in [-0.3, -0.25) is 9.59 Å². The summed E-state index contributed by atoms with van der Waals surface area (Å²) in [5, 5.41) is 2.78. The van der Waals surface area contributed by atoms with Crippen molar-refractivity contribution in [1.29, 1.82) is 0 Å². The minimum atomic E-state index is -5.04. The topological polar surface area (TPSA) is 49.4 Å². The second kappa shape index (κ2) is 8.70. The zero-order valence-corrected chi connectivity index (χ0v) is 17.7. The van der Waals surface area contributed by atoms with Gasteiger partial charge >= 0.3 is 12.4 Å². The number of nitrogens with zero attached hydrogens (tertiary/aromatic N) is 1. The molecule has 0 aromatic heterocycles. The molecule has 10 heteroatoms. The second-order valence-corrected chi connectivity index (χ2v) is 8.80. The Balaban J connectivity index is 2.37. The summed E-state index contributed by atoms with van der Waals surface area (Å²) >= 11 is 0. The Morgan fingerprint density at radius 3 is 1.94 bits per heavy atom. The molecule has 1 fully saturated rings. The van der Waals surface area contributed by atoms with Gasteiger partial charge in [0.25, 0.3) is 5.91 Å². The van der Waals surface area contributed by atoms with Crippen LogP contribution in [-0.4, -0.2) is 34.8 Å². The molecular formula is C21H26F6N2O2. The highest BCUT2D eigenvalue weighted by Gasteiger charge is 2.49. The van der Waals surface area contributed by atoms with Crippen LogP contribution in [0.25, 0.3) is 0 Å². The molecule has 174 valence electrons. The van der Waals surface area contributed by atoms with Crippen molar-refractivity contribution in [2.75, 3.05) is 6.54 Å². The van der Waals surface area contributed by atoms with E-state index < -0.39 is 52.4 Å². The molecule has 0 heterocycles. The molecule has 4 nitrogen and oxygen atoms in total. The summed E-state index contributed by atoms with van der Waals surface area (Å²) in [6.07, 6.45) is -8.62. The summed E-state index contributed by atoms with van der Waals surface area (Å²) in [7, 11) is 0. The Morgan fingerprint density at radius 2 is 1.52 bits per heavy atom. The molecule has 0 radical (unpaired) electrons. The average Bonchev–Trinajstić information content (AvgIpc) is 3.39. The van der Waals surface area contributed by atoms with Crippen LogP contribution in [0.15, 0.2) is 18.2 Å². The zero-order valence-electron chi connectivity index (χ0n) is 17.7. The lowest BCUT2D eigenvalue weighted by molar-refractivity contribution is -0.143. The second-order valence-electron chi connectivity index (χ2n) is 8.80. The summed E-state index contributed by atoms with van der Waals surface area (Å²) < 4.78 is 78.9. The van der Waals surface area contributed by atoms with Crippen molar-refractivity contribution in [3.63, 3.8) is 0 Å². The van der Waals surface area contributed by atoms with Crippen LogP contribution in [0, 0.1) is 5.92 Å². The molecule has 2 amide bonds. The van der Waals surface area contributed by atoms with Gasteiger partial charge in [0, 0.05) is 23.7 Å². The molecule has 0 spiro atoms. The van der Waals surface area contributed by atoms with Gasteiger partial charge in [0.2, 0.25) is 5.91 Å². The SMILES string of the molecule is CCCCN(C(=O)c1cc(C(F)(F)F)cc(C(F)(F)F)c1)[C@@H]1C[C@H]1C(=O)NC(C)(C)C. The minimum Gasteiger partial charge on any atom is -0.351 e. The molecule has 1 N–H and O–H groups in total. The monoisotopic (exact) mass is 452 g/mol. The normalized spacial score (nSPS) is 19.2. The summed E-state index contributed by atoms with van der Waals surface area (Å²) in [5.41, 5.74) is -4.29. The largest absolute Gasteiger partial charge is 0.416 e. The average molecular weight is 452 g/mol. The first-order valence-electron chi connectivity index (χ1n) is 9.97. The van der Waals surface area contributed by atoms with Crippen LogP contribution in [0.4, 0.5) is 26.3 Å². The number of carbonyl (C=O) groups excluding carboxylic acids is 2. The van der Waals surface area contributed by atoms with E-state index in [1.807, 2.05) is 6.92 Å². The minimum absolute atomic E-state index is 0.0101. The van der Waals surface area contributed by atoms with Gasteiger partial charge in [0.05, 0.1) is 17.0 Å². The summed E-state index contributed by atoms with van der Waals surface area (Å²) in [5.74, 6) is -1.79. The van der Waals surface area contributed by atoms with E-state index in [4.69, 9.17) is 0 Å². The predicted molar refractivity (Wildman–Crippen MR) is 102 cm³/mol. The molecule has 0 aliphatic heterocycles. The first-order chi connectivity index (χ1) is 14.0. The van der Waals surface area contributed by atoms with Gasteiger partial charge in [-0.15, -0.1) is 0 Å². The van der Waals surface area contributed by atoms with Crippen LogP contribution in [-0.2, 0) is 17.1 Å². The molecule has 1 saturated carbocycles. The van der Waals surface area contributed by atoms with Crippen LogP contribution in [0.2, 0.25) is 0 Å². The summed E-state index contributed by atoms with van der Waals surface area (Å²) in [6, 6.07) is 0.293. The number of nitrogens with one attached hydrogen (secondary N) is 1. The molecule has 0 bridgehead atoms. The third-order valence-corrected chi connectivity index (χ3v) is 4.84. The van der Waals surface area contributed by atoms with Crippen LogP contribution in [0.3, 0.4) is 0 Å².